The van der Waals surface area contributed by atoms with Gasteiger partial charge in [-0.05, 0) is 30.3 Å². The molecule has 7 heteroatoms. The number of H-pyrrole nitrogens is 1. The number of nitrogens with zero attached hydrogens (tertiary/aromatic N) is 3. The third-order valence-electron chi connectivity index (χ3n) is 4.05. The van der Waals surface area contributed by atoms with Crippen LogP contribution in [0, 0.1) is 5.82 Å². The van der Waals surface area contributed by atoms with Gasteiger partial charge in [0, 0.05) is 23.5 Å². The average Bonchev–Trinajstić information content (AvgIpc) is 3.19. The van der Waals surface area contributed by atoms with Crippen LogP contribution in [-0.2, 0) is 0 Å². The number of methoxy groups -OCH3 is 1. The molecule has 0 amide bonds. The topological polar surface area (TPSA) is 75.7 Å². The Morgan fingerprint density at radius 1 is 1.00 bits per heavy atom. The van der Waals surface area contributed by atoms with Gasteiger partial charge < -0.3 is 10.1 Å². The van der Waals surface area contributed by atoms with Crippen molar-refractivity contribution in [3.63, 3.8) is 0 Å². The lowest BCUT2D eigenvalue weighted by molar-refractivity contribution is 0.417. The smallest absolute Gasteiger partial charge is 0.227 e. The number of ether oxygens (including phenoxy) is 1. The number of hydrogen-bond acceptors (Lipinski definition) is 5. The highest BCUT2D eigenvalue weighted by molar-refractivity contribution is 5.79. The second-order valence-electron chi connectivity index (χ2n) is 5.72. The molecule has 0 aliphatic carbocycles. The lowest BCUT2D eigenvalue weighted by Crippen LogP contribution is -2.00. The van der Waals surface area contributed by atoms with Gasteiger partial charge in [-0.15, -0.1) is 0 Å². The second-order valence-corrected chi connectivity index (χ2v) is 5.72. The fourth-order valence-electron chi connectivity index (χ4n) is 2.78. The van der Waals surface area contributed by atoms with Crippen molar-refractivity contribution >= 4 is 11.6 Å². The predicted octanol–water partition coefficient (Wildman–Crippen LogP) is 4.43. The van der Waals surface area contributed by atoms with Crippen molar-refractivity contribution in [3.05, 3.63) is 72.8 Å². The molecule has 0 saturated carbocycles. The number of benzene rings is 2. The summed E-state index contributed by atoms with van der Waals surface area (Å²) < 4.78 is 19.5. The summed E-state index contributed by atoms with van der Waals surface area (Å²) in [5.41, 5.74) is 2.96. The van der Waals surface area contributed by atoms with E-state index in [-0.39, 0.29) is 5.82 Å². The first-order valence-electron chi connectivity index (χ1n) is 8.28. The van der Waals surface area contributed by atoms with Crippen LogP contribution in [0.4, 0.5) is 16.0 Å². The van der Waals surface area contributed by atoms with Crippen molar-refractivity contribution in [1.29, 1.82) is 0 Å². The Kier molecular flexibility index (Phi) is 4.49. The summed E-state index contributed by atoms with van der Waals surface area (Å²) in [6, 6.07) is 15.7. The van der Waals surface area contributed by atoms with E-state index in [0.717, 1.165) is 5.69 Å². The van der Waals surface area contributed by atoms with E-state index in [2.05, 4.69) is 25.5 Å². The number of anilines is 2. The van der Waals surface area contributed by atoms with Crippen molar-refractivity contribution in [2.75, 3.05) is 12.4 Å². The summed E-state index contributed by atoms with van der Waals surface area (Å²) in [5.74, 6) is 0.742. The monoisotopic (exact) mass is 361 g/mol. The van der Waals surface area contributed by atoms with E-state index < -0.39 is 0 Å². The van der Waals surface area contributed by atoms with Crippen molar-refractivity contribution in [2.45, 2.75) is 0 Å². The molecule has 27 heavy (non-hydrogen) atoms. The van der Waals surface area contributed by atoms with Crippen molar-refractivity contribution < 1.29 is 9.13 Å². The summed E-state index contributed by atoms with van der Waals surface area (Å²) in [6.07, 6.45) is 3.33. The Bertz CT molecular complexity index is 1080. The zero-order valence-corrected chi connectivity index (χ0v) is 14.5. The quantitative estimate of drug-likeness (QED) is 0.550. The molecular formula is C20H16FN5O. The third kappa shape index (κ3) is 3.35. The number of halogens is 1. The van der Waals surface area contributed by atoms with Gasteiger partial charge in [-0.2, -0.15) is 5.10 Å². The lowest BCUT2D eigenvalue weighted by Gasteiger charge is -2.10. The van der Waals surface area contributed by atoms with Gasteiger partial charge in [0.05, 0.1) is 18.5 Å². The minimum Gasteiger partial charge on any atom is -0.495 e. The molecule has 6 nitrogen and oxygen atoms in total. The summed E-state index contributed by atoms with van der Waals surface area (Å²) >= 11 is 0. The Morgan fingerprint density at radius 2 is 1.81 bits per heavy atom. The zero-order valence-electron chi connectivity index (χ0n) is 14.5. The van der Waals surface area contributed by atoms with Gasteiger partial charge in [-0.1, -0.05) is 24.3 Å². The van der Waals surface area contributed by atoms with Crippen molar-refractivity contribution in [1.82, 2.24) is 20.2 Å². The SMILES string of the molecule is COc1ccccc1Nc1nccc(-c2c[nH]nc2-c2ccccc2F)n1. The van der Waals surface area contributed by atoms with Crippen LogP contribution in [0.2, 0.25) is 0 Å². The molecule has 0 radical (unpaired) electrons. The van der Waals surface area contributed by atoms with Gasteiger partial charge in [0.2, 0.25) is 5.95 Å². The molecule has 0 spiro atoms. The number of aromatic nitrogens is 4. The fraction of sp³-hybridized carbons (Fsp3) is 0.0500. The van der Waals surface area contributed by atoms with E-state index in [1.807, 2.05) is 24.3 Å². The highest BCUT2D eigenvalue weighted by Gasteiger charge is 2.15. The Morgan fingerprint density at radius 3 is 2.67 bits per heavy atom. The molecule has 2 aromatic heterocycles. The lowest BCUT2D eigenvalue weighted by atomic mass is 10.1. The molecule has 4 rings (SSSR count). The highest BCUT2D eigenvalue weighted by Crippen LogP contribution is 2.31. The molecule has 4 aromatic rings. The maximum Gasteiger partial charge on any atom is 0.227 e. The van der Waals surface area contributed by atoms with Gasteiger partial charge in [-0.25, -0.2) is 14.4 Å². The number of aromatic amines is 1. The minimum absolute atomic E-state index is 0.340. The number of hydrogen-bond donors (Lipinski definition) is 2. The van der Waals surface area contributed by atoms with E-state index in [9.17, 15) is 4.39 Å². The molecule has 0 bridgehead atoms. The van der Waals surface area contributed by atoms with Crippen molar-refractivity contribution in [2.24, 2.45) is 0 Å². The normalized spacial score (nSPS) is 10.6. The first kappa shape index (κ1) is 16.7. The fourth-order valence-corrected chi connectivity index (χ4v) is 2.78. The van der Waals surface area contributed by atoms with Crippen LogP contribution < -0.4 is 10.1 Å². The molecule has 2 aromatic carbocycles. The predicted molar refractivity (Wildman–Crippen MR) is 101 cm³/mol. The molecule has 0 fully saturated rings. The maximum atomic E-state index is 14.2. The molecule has 134 valence electrons. The third-order valence-corrected chi connectivity index (χ3v) is 4.05. The molecule has 0 aliphatic heterocycles. The van der Waals surface area contributed by atoms with E-state index in [4.69, 9.17) is 4.74 Å². The number of para-hydroxylation sites is 2. The van der Waals surface area contributed by atoms with Crippen LogP contribution in [-0.4, -0.2) is 27.3 Å². The summed E-state index contributed by atoms with van der Waals surface area (Å²) in [5, 5.41) is 10.1. The van der Waals surface area contributed by atoms with Gasteiger partial charge in [-0.3, -0.25) is 5.10 Å². The second kappa shape index (κ2) is 7.25. The van der Waals surface area contributed by atoms with Crippen LogP contribution in [0.15, 0.2) is 67.0 Å². The van der Waals surface area contributed by atoms with Gasteiger partial charge in [0.1, 0.15) is 17.3 Å². The molecule has 0 aliphatic rings. The zero-order chi connectivity index (χ0) is 18.6. The van der Waals surface area contributed by atoms with Crippen LogP contribution in [0.25, 0.3) is 22.5 Å². The average molecular weight is 361 g/mol. The molecule has 0 atom stereocenters. The van der Waals surface area contributed by atoms with E-state index in [1.165, 1.54) is 6.07 Å². The van der Waals surface area contributed by atoms with Gasteiger partial charge in [0.15, 0.2) is 0 Å². The number of nitrogens with one attached hydrogen (secondary N) is 2. The minimum atomic E-state index is -0.340. The Hall–Kier alpha value is -3.74. The molecule has 0 unspecified atom stereocenters. The standard InChI is InChI=1S/C20H16FN5O/c1-27-18-9-5-4-8-17(18)25-20-22-11-10-16(24-20)14-12-23-26-19(14)13-6-2-3-7-15(13)21/h2-12H,1H3,(H,23,26)(H,22,24,25). The summed E-state index contributed by atoms with van der Waals surface area (Å²) in [6.45, 7) is 0. The van der Waals surface area contributed by atoms with E-state index in [0.29, 0.717) is 34.2 Å². The van der Waals surface area contributed by atoms with Crippen LogP contribution in [0.5, 0.6) is 5.75 Å². The first-order chi connectivity index (χ1) is 13.3. The molecule has 2 N–H and O–H groups in total. The molecular weight excluding hydrogens is 345 g/mol. The highest BCUT2D eigenvalue weighted by atomic mass is 19.1. The first-order valence-corrected chi connectivity index (χ1v) is 8.28. The van der Waals surface area contributed by atoms with Crippen molar-refractivity contribution in [3.8, 4) is 28.3 Å². The van der Waals surface area contributed by atoms with Crippen LogP contribution in [0.1, 0.15) is 0 Å². The van der Waals surface area contributed by atoms with Gasteiger partial charge in [0.25, 0.3) is 0 Å². The van der Waals surface area contributed by atoms with E-state index in [1.54, 1.807) is 43.8 Å². The maximum absolute atomic E-state index is 14.2. The largest absolute Gasteiger partial charge is 0.495 e. The number of rotatable bonds is 5. The Balaban J connectivity index is 1.70. The van der Waals surface area contributed by atoms with E-state index >= 15 is 0 Å². The molecule has 0 saturated heterocycles. The molecule has 2 heterocycles. The van der Waals surface area contributed by atoms with Crippen LogP contribution in [0.3, 0.4) is 0 Å². The summed E-state index contributed by atoms with van der Waals surface area (Å²) in [7, 11) is 1.60. The van der Waals surface area contributed by atoms with Crippen LogP contribution >= 0.6 is 0 Å². The van der Waals surface area contributed by atoms with Gasteiger partial charge >= 0.3 is 0 Å². The summed E-state index contributed by atoms with van der Waals surface area (Å²) in [4.78, 5) is 8.80. The Labute approximate surface area is 155 Å².